The zero-order chi connectivity index (χ0) is 9.28. The van der Waals surface area contributed by atoms with Gasteiger partial charge in [-0.15, -0.1) is 0 Å². The van der Waals surface area contributed by atoms with Crippen LogP contribution in [0.15, 0.2) is 0 Å². The fourth-order valence-corrected chi connectivity index (χ4v) is 0.125. The van der Waals surface area contributed by atoms with E-state index in [9.17, 15) is 4.79 Å². The SMILES string of the molecule is CNC(=O)NC.O=CC(=O)O. The summed E-state index contributed by atoms with van der Waals surface area (Å²) in [4.78, 5) is 27.9. The summed E-state index contributed by atoms with van der Waals surface area (Å²) in [5.41, 5.74) is 0. The molecule has 0 fully saturated rings. The second kappa shape index (κ2) is 8.41. The van der Waals surface area contributed by atoms with Gasteiger partial charge in [0, 0.05) is 14.1 Å². The van der Waals surface area contributed by atoms with Crippen LogP contribution in [0.4, 0.5) is 4.79 Å². The molecule has 0 saturated carbocycles. The number of amides is 2. The average Bonchev–Trinajstić information content (AvgIpc) is 2.04. The van der Waals surface area contributed by atoms with Gasteiger partial charge in [0.15, 0.2) is 0 Å². The Hall–Kier alpha value is -1.59. The number of hydrogen-bond acceptors (Lipinski definition) is 3. The van der Waals surface area contributed by atoms with Crippen molar-refractivity contribution < 1.29 is 19.5 Å². The van der Waals surface area contributed by atoms with Gasteiger partial charge in [0.2, 0.25) is 6.29 Å². The molecule has 11 heavy (non-hydrogen) atoms. The number of hydrogen-bond donors (Lipinski definition) is 3. The van der Waals surface area contributed by atoms with Gasteiger partial charge in [-0.3, -0.25) is 4.79 Å². The van der Waals surface area contributed by atoms with Crippen molar-refractivity contribution in [1.82, 2.24) is 10.6 Å². The van der Waals surface area contributed by atoms with E-state index in [0.29, 0.717) is 0 Å². The number of nitrogens with one attached hydrogen (secondary N) is 2. The van der Waals surface area contributed by atoms with E-state index in [1.165, 1.54) is 0 Å². The van der Waals surface area contributed by atoms with Gasteiger partial charge in [-0.05, 0) is 0 Å². The molecule has 0 rings (SSSR count). The van der Waals surface area contributed by atoms with Crippen LogP contribution in [-0.4, -0.2) is 37.5 Å². The third kappa shape index (κ3) is 17.8. The quantitative estimate of drug-likeness (QED) is 0.334. The average molecular weight is 162 g/mol. The second-order valence-corrected chi connectivity index (χ2v) is 1.29. The molecule has 0 aliphatic rings. The van der Waals surface area contributed by atoms with Crippen LogP contribution >= 0.6 is 0 Å². The van der Waals surface area contributed by atoms with Gasteiger partial charge in [-0.2, -0.15) is 0 Å². The van der Waals surface area contributed by atoms with Gasteiger partial charge >= 0.3 is 12.0 Å². The van der Waals surface area contributed by atoms with E-state index in [1.54, 1.807) is 14.1 Å². The Morgan fingerprint density at radius 3 is 1.55 bits per heavy atom. The van der Waals surface area contributed by atoms with E-state index in [0.717, 1.165) is 0 Å². The third-order valence-electron chi connectivity index (χ3n) is 0.555. The topological polar surface area (TPSA) is 95.5 Å². The molecule has 0 unspecified atom stereocenters. The largest absolute Gasteiger partial charge is 0.476 e. The van der Waals surface area contributed by atoms with Crippen LogP contribution in [0.25, 0.3) is 0 Å². The van der Waals surface area contributed by atoms with Crippen molar-refractivity contribution in [3.8, 4) is 0 Å². The summed E-state index contributed by atoms with van der Waals surface area (Å²) in [6.45, 7) is 0. The first-order valence-electron chi connectivity index (χ1n) is 2.66. The molecular weight excluding hydrogens is 152 g/mol. The van der Waals surface area contributed by atoms with Crippen LogP contribution in [0.1, 0.15) is 0 Å². The summed E-state index contributed by atoms with van der Waals surface area (Å²) in [5, 5.41) is 12.1. The van der Waals surface area contributed by atoms with E-state index in [4.69, 9.17) is 14.7 Å². The number of aliphatic carboxylic acids is 1. The van der Waals surface area contributed by atoms with Crippen LogP contribution in [0.2, 0.25) is 0 Å². The Morgan fingerprint density at radius 2 is 1.55 bits per heavy atom. The maximum absolute atomic E-state index is 9.96. The Morgan fingerprint density at radius 1 is 1.27 bits per heavy atom. The smallest absolute Gasteiger partial charge is 0.368 e. The molecule has 0 bridgehead atoms. The molecule has 64 valence electrons. The Bertz CT molecular complexity index is 139. The number of carbonyl (C=O) groups is 3. The maximum atomic E-state index is 9.96. The predicted octanol–water partition coefficient (Wildman–Crippen LogP) is -1.18. The minimum Gasteiger partial charge on any atom is -0.476 e. The van der Waals surface area contributed by atoms with Crippen molar-refractivity contribution in [2.75, 3.05) is 14.1 Å². The Balaban J connectivity index is 0. The van der Waals surface area contributed by atoms with E-state index in [1.807, 2.05) is 0 Å². The number of carboxylic acid groups (broad SMARTS) is 1. The minimum atomic E-state index is -1.43. The molecule has 0 aromatic carbocycles. The molecule has 0 aliphatic carbocycles. The normalized spacial score (nSPS) is 6.73. The van der Waals surface area contributed by atoms with E-state index < -0.39 is 5.97 Å². The van der Waals surface area contributed by atoms with Gasteiger partial charge in [0.05, 0.1) is 0 Å². The van der Waals surface area contributed by atoms with Crippen molar-refractivity contribution in [3.05, 3.63) is 0 Å². The Kier molecular flexibility index (Phi) is 9.27. The molecule has 6 heteroatoms. The first-order chi connectivity index (χ1) is 5.08. The van der Waals surface area contributed by atoms with Crippen LogP contribution < -0.4 is 10.6 Å². The number of rotatable bonds is 1. The van der Waals surface area contributed by atoms with Crippen LogP contribution in [0.3, 0.4) is 0 Å². The molecule has 0 aromatic heterocycles. The lowest BCUT2D eigenvalue weighted by Gasteiger charge is -1.91. The fourth-order valence-electron chi connectivity index (χ4n) is 0.125. The summed E-state index contributed by atoms with van der Waals surface area (Å²) < 4.78 is 0. The molecule has 0 spiro atoms. The maximum Gasteiger partial charge on any atom is 0.368 e. The lowest BCUT2D eigenvalue weighted by atomic mass is 10.8. The minimum absolute atomic E-state index is 0.157. The number of urea groups is 1. The monoisotopic (exact) mass is 162 g/mol. The standard InChI is InChI=1S/C3H8N2O.C2H2O3/c1-4-3(6)5-2;3-1-2(4)5/h1-2H3,(H2,4,5,6);1H,(H,4,5). The predicted molar refractivity (Wildman–Crippen MR) is 37.2 cm³/mol. The summed E-state index contributed by atoms with van der Waals surface area (Å²) in [6, 6.07) is -0.157. The number of carbonyl (C=O) groups excluding carboxylic acids is 2. The van der Waals surface area contributed by atoms with Crippen LogP contribution in [0, 0.1) is 0 Å². The molecule has 2 amide bonds. The molecule has 6 nitrogen and oxygen atoms in total. The van der Waals surface area contributed by atoms with Gasteiger partial charge in [-0.1, -0.05) is 0 Å². The fraction of sp³-hybridized carbons (Fsp3) is 0.400. The van der Waals surface area contributed by atoms with Gasteiger partial charge in [-0.25, -0.2) is 9.59 Å². The highest BCUT2D eigenvalue weighted by Crippen LogP contribution is 1.48. The van der Waals surface area contributed by atoms with Crippen molar-refractivity contribution in [2.45, 2.75) is 0 Å². The van der Waals surface area contributed by atoms with Crippen molar-refractivity contribution >= 4 is 18.3 Å². The second-order valence-electron chi connectivity index (χ2n) is 1.29. The summed E-state index contributed by atoms with van der Waals surface area (Å²) in [5.74, 6) is -1.43. The summed E-state index contributed by atoms with van der Waals surface area (Å²) >= 11 is 0. The molecule has 0 radical (unpaired) electrons. The molecular formula is C5H10N2O4. The van der Waals surface area contributed by atoms with Crippen molar-refractivity contribution in [1.29, 1.82) is 0 Å². The molecule has 0 atom stereocenters. The lowest BCUT2D eigenvalue weighted by Crippen LogP contribution is -2.28. The number of carboxylic acids is 1. The van der Waals surface area contributed by atoms with E-state index >= 15 is 0 Å². The van der Waals surface area contributed by atoms with Crippen LogP contribution in [-0.2, 0) is 9.59 Å². The van der Waals surface area contributed by atoms with Gasteiger partial charge in [0.1, 0.15) is 0 Å². The van der Waals surface area contributed by atoms with Gasteiger partial charge in [0.25, 0.3) is 0 Å². The third-order valence-corrected chi connectivity index (χ3v) is 0.555. The highest BCUT2D eigenvalue weighted by molar-refractivity contribution is 6.19. The van der Waals surface area contributed by atoms with Crippen molar-refractivity contribution in [3.63, 3.8) is 0 Å². The molecule has 0 heterocycles. The lowest BCUT2D eigenvalue weighted by molar-refractivity contribution is -0.143. The first-order valence-corrected chi connectivity index (χ1v) is 2.66. The summed E-state index contributed by atoms with van der Waals surface area (Å²) in [7, 11) is 3.14. The zero-order valence-electron chi connectivity index (χ0n) is 6.25. The Labute approximate surface area is 63.6 Å². The van der Waals surface area contributed by atoms with E-state index in [-0.39, 0.29) is 12.3 Å². The molecule has 3 N–H and O–H groups in total. The van der Waals surface area contributed by atoms with E-state index in [2.05, 4.69) is 10.6 Å². The first kappa shape index (κ1) is 12.1. The summed E-state index contributed by atoms with van der Waals surface area (Å²) in [6.07, 6.45) is -0.167. The van der Waals surface area contributed by atoms with Crippen molar-refractivity contribution in [2.24, 2.45) is 0 Å². The van der Waals surface area contributed by atoms with Crippen LogP contribution in [0.5, 0.6) is 0 Å². The molecule has 0 aromatic rings. The highest BCUT2D eigenvalue weighted by Gasteiger charge is 1.81. The number of aldehydes is 1. The highest BCUT2D eigenvalue weighted by atomic mass is 16.4. The molecule has 0 saturated heterocycles. The molecule has 0 aliphatic heterocycles. The van der Waals surface area contributed by atoms with Gasteiger partial charge < -0.3 is 15.7 Å². The zero-order valence-corrected chi connectivity index (χ0v) is 6.25.